The Balaban J connectivity index is 1.24. The van der Waals surface area contributed by atoms with Gasteiger partial charge in [0, 0.05) is 37.9 Å². The molecule has 2 aliphatic rings. The van der Waals surface area contributed by atoms with E-state index in [2.05, 4.69) is 58.7 Å². The number of amides is 1. The molecule has 2 heterocycles. The number of ether oxygens (including phenoxy) is 2. The molecule has 0 radical (unpaired) electrons. The molecule has 0 bridgehead atoms. The number of carboxylic acids is 1. The smallest absolute Gasteiger partial charge is 0.303 e. The van der Waals surface area contributed by atoms with Gasteiger partial charge in [0.15, 0.2) is 6.29 Å². The lowest BCUT2D eigenvalue weighted by atomic mass is 9.98. The summed E-state index contributed by atoms with van der Waals surface area (Å²) in [6.07, 6.45) is 10.3. The molecule has 0 aliphatic carbocycles. The molecular formula is C40H52N2O6. The number of nitrogens with one attached hydrogen (secondary N) is 1. The molecule has 2 aliphatic heterocycles. The number of aliphatic carboxylic acids is 1. The van der Waals surface area contributed by atoms with Crippen LogP contribution in [-0.2, 0) is 32.2 Å². The quantitative estimate of drug-likeness (QED) is 0.144. The molecule has 0 spiro atoms. The Kier molecular flexibility index (Phi) is 14.0. The van der Waals surface area contributed by atoms with Crippen molar-refractivity contribution in [1.29, 1.82) is 0 Å². The Labute approximate surface area is 285 Å². The topological polar surface area (TPSA) is 108 Å². The van der Waals surface area contributed by atoms with Gasteiger partial charge in [-0.2, -0.15) is 0 Å². The molecular weight excluding hydrogens is 604 g/mol. The summed E-state index contributed by atoms with van der Waals surface area (Å²) in [4.78, 5) is 25.7. The van der Waals surface area contributed by atoms with E-state index in [0.29, 0.717) is 19.4 Å². The van der Waals surface area contributed by atoms with E-state index in [0.717, 1.165) is 78.7 Å². The van der Waals surface area contributed by atoms with Gasteiger partial charge in [-0.05, 0) is 78.7 Å². The van der Waals surface area contributed by atoms with Gasteiger partial charge in [0.25, 0.3) is 0 Å². The number of aliphatic hydroxyl groups is 1. The highest BCUT2D eigenvalue weighted by atomic mass is 16.7. The van der Waals surface area contributed by atoms with Crippen molar-refractivity contribution in [1.82, 2.24) is 10.2 Å². The van der Waals surface area contributed by atoms with Crippen LogP contribution in [0, 0.1) is 0 Å². The van der Waals surface area contributed by atoms with Gasteiger partial charge in [0.1, 0.15) is 0 Å². The zero-order chi connectivity index (χ0) is 33.6. The number of aliphatic hydroxyl groups excluding tert-OH is 1. The van der Waals surface area contributed by atoms with Crippen LogP contribution in [0.15, 0.2) is 72.8 Å². The van der Waals surface area contributed by atoms with Crippen molar-refractivity contribution in [3.63, 3.8) is 0 Å². The maximum atomic E-state index is 12.4. The summed E-state index contributed by atoms with van der Waals surface area (Å²) in [7, 11) is 0. The van der Waals surface area contributed by atoms with Crippen molar-refractivity contribution in [3.8, 4) is 11.1 Å². The van der Waals surface area contributed by atoms with E-state index in [1.165, 1.54) is 32.1 Å². The lowest BCUT2D eigenvalue weighted by Crippen LogP contribution is -2.40. The molecule has 3 aromatic rings. The Morgan fingerprint density at radius 3 is 2.17 bits per heavy atom. The second kappa shape index (κ2) is 18.8. The monoisotopic (exact) mass is 656 g/mol. The van der Waals surface area contributed by atoms with Crippen LogP contribution in [0.1, 0.15) is 112 Å². The number of hydrogen-bond donors (Lipinski definition) is 3. The van der Waals surface area contributed by atoms with Crippen molar-refractivity contribution in [3.05, 3.63) is 95.1 Å². The highest BCUT2D eigenvalue weighted by Gasteiger charge is 2.33. The SMILES string of the molecule is O=C(O)CCCCCCC(=O)NCc1cccc(-c2cccc([C@H]3O[C@@H](CN4CCCCCCC4)C[C@@H](c4ccc(CO)cc4)O3)c2)c1. The van der Waals surface area contributed by atoms with Crippen molar-refractivity contribution in [2.45, 2.75) is 109 Å². The van der Waals surface area contributed by atoms with E-state index in [-0.39, 0.29) is 31.1 Å². The second-order valence-electron chi connectivity index (χ2n) is 13.3. The largest absolute Gasteiger partial charge is 0.481 e. The normalized spacial score (nSPS) is 20.5. The number of hydrogen-bond acceptors (Lipinski definition) is 6. The molecule has 8 heteroatoms. The predicted molar refractivity (Wildman–Crippen MR) is 187 cm³/mol. The van der Waals surface area contributed by atoms with E-state index in [1.807, 2.05) is 24.3 Å². The van der Waals surface area contributed by atoms with E-state index in [4.69, 9.17) is 14.6 Å². The van der Waals surface area contributed by atoms with Crippen LogP contribution in [0.5, 0.6) is 0 Å². The van der Waals surface area contributed by atoms with Crippen LogP contribution in [0.2, 0.25) is 0 Å². The van der Waals surface area contributed by atoms with Gasteiger partial charge in [-0.1, -0.05) is 92.8 Å². The second-order valence-corrected chi connectivity index (χ2v) is 13.3. The highest BCUT2D eigenvalue weighted by Crippen LogP contribution is 2.39. The summed E-state index contributed by atoms with van der Waals surface area (Å²) < 4.78 is 13.4. The Morgan fingerprint density at radius 1 is 0.750 bits per heavy atom. The number of likely N-dealkylation sites (tertiary alicyclic amines) is 1. The first-order valence-corrected chi connectivity index (χ1v) is 17.9. The van der Waals surface area contributed by atoms with Gasteiger partial charge in [0.2, 0.25) is 5.91 Å². The highest BCUT2D eigenvalue weighted by molar-refractivity contribution is 5.76. The summed E-state index contributed by atoms with van der Waals surface area (Å²) in [5, 5.41) is 21.4. The number of nitrogens with zero attached hydrogens (tertiary/aromatic N) is 1. The molecule has 258 valence electrons. The third-order valence-corrected chi connectivity index (χ3v) is 9.48. The summed E-state index contributed by atoms with van der Waals surface area (Å²) in [5.41, 5.74) is 6.11. The van der Waals surface area contributed by atoms with Crippen LogP contribution >= 0.6 is 0 Å². The summed E-state index contributed by atoms with van der Waals surface area (Å²) in [6, 6.07) is 24.7. The van der Waals surface area contributed by atoms with Gasteiger partial charge in [0.05, 0.1) is 18.8 Å². The van der Waals surface area contributed by atoms with Crippen LogP contribution in [0.25, 0.3) is 11.1 Å². The summed E-state index contributed by atoms with van der Waals surface area (Å²) in [5.74, 6) is -0.756. The minimum atomic E-state index is -0.768. The molecule has 8 nitrogen and oxygen atoms in total. The molecule has 48 heavy (non-hydrogen) atoms. The van der Waals surface area contributed by atoms with Gasteiger partial charge in [-0.3, -0.25) is 9.59 Å². The van der Waals surface area contributed by atoms with Gasteiger partial charge in [-0.15, -0.1) is 0 Å². The Hall–Kier alpha value is -3.56. The van der Waals surface area contributed by atoms with Crippen molar-refractivity contribution in [2.75, 3.05) is 19.6 Å². The first-order valence-electron chi connectivity index (χ1n) is 17.9. The Morgan fingerprint density at radius 2 is 1.44 bits per heavy atom. The van der Waals surface area contributed by atoms with E-state index < -0.39 is 12.3 Å². The summed E-state index contributed by atoms with van der Waals surface area (Å²) >= 11 is 0. The zero-order valence-corrected chi connectivity index (χ0v) is 28.2. The van der Waals surface area contributed by atoms with Gasteiger partial charge < -0.3 is 29.9 Å². The predicted octanol–water partition coefficient (Wildman–Crippen LogP) is 7.70. The maximum Gasteiger partial charge on any atom is 0.303 e. The third kappa shape index (κ3) is 11.3. The summed E-state index contributed by atoms with van der Waals surface area (Å²) in [6.45, 7) is 3.59. The van der Waals surface area contributed by atoms with Crippen molar-refractivity contribution in [2.24, 2.45) is 0 Å². The van der Waals surface area contributed by atoms with E-state index in [9.17, 15) is 14.7 Å². The molecule has 0 unspecified atom stereocenters. The number of rotatable bonds is 15. The number of benzene rings is 3. The fourth-order valence-corrected chi connectivity index (χ4v) is 6.75. The molecule has 3 atom stereocenters. The lowest BCUT2D eigenvalue weighted by Gasteiger charge is -2.39. The standard InChI is InChI=1S/C40H52N2O6/c43-29-30-18-20-32(21-19-30)37-26-36(28-42-22-8-4-1-5-9-23-42)47-40(48-37)35-15-11-14-34(25-35)33-13-10-12-31(24-33)27-41-38(44)16-6-2-3-7-17-39(45)46/h10-15,18-21,24-25,36-37,40,43H,1-9,16-17,22-23,26-29H2,(H,41,44)(H,45,46)/t36-,37+,40+/m1/s1. The maximum absolute atomic E-state index is 12.4. The molecule has 5 rings (SSSR count). The first-order chi connectivity index (χ1) is 23.5. The fraction of sp³-hybridized carbons (Fsp3) is 0.500. The van der Waals surface area contributed by atoms with Crippen molar-refractivity contribution < 1.29 is 29.3 Å². The minimum absolute atomic E-state index is 0.0121. The first kappa shape index (κ1) is 35.7. The molecule has 3 aromatic carbocycles. The average molecular weight is 657 g/mol. The molecule has 3 N–H and O–H groups in total. The molecule has 0 saturated carbocycles. The molecule has 0 aromatic heterocycles. The number of unbranched alkanes of at least 4 members (excludes halogenated alkanes) is 3. The fourth-order valence-electron chi connectivity index (χ4n) is 6.75. The van der Waals surface area contributed by atoms with Crippen molar-refractivity contribution >= 4 is 11.9 Å². The Bertz CT molecular complexity index is 1440. The van der Waals surface area contributed by atoms with E-state index in [1.54, 1.807) is 0 Å². The lowest BCUT2D eigenvalue weighted by molar-refractivity contribution is -0.253. The average Bonchev–Trinajstić information content (AvgIpc) is 3.10. The number of carbonyl (C=O) groups excluding carboxylic acids is 1. The molecule has 2 fully saturated rings. The van der Waals surface area contributed by atoms with Crippen LogP contribution in [-0.4, -0.2) is 52.7 Å². The molecule has 2 saturated heterocycles. The molecule has 1 amide bonds. The number of carbonyl (C=O) groups is 2. The number of carboxylic acid groups (broad SMARTS) is 1. The third-order valence-electron chi connectivity index (χ3n) is 9.48. The van der Waals surface area contributed by atoms with Gasteiger partial charge >= 0.3 is 5.97 Å². The minimum Gasteiger partial charge on any atom is -0.481 e. The zero-order valence-electron chi connectivity index (χ0n) is 28.2. The van der Waals surface area contributed by atoms with Gasteiger partial charge in [-0.25, -0.2) is 0 Å². The van der Waals surface area contributed by atoms with Crippen LogP contribution in [0.3, 0.4) is 0 Å². The van der Waals surface area contributed by atoms with Crippen LogP contribution < -0.4 is 5.32 Å². The van der Waals surface area contributed by atoms with E-state index >= 15 is 0 Å². The van der Waals surface area contributed by atoms with Crippen LogP contribution in [0.4, 0.5) is 0 Å².